The van der Waals surface area contributed by atoms with Gasteiger partial charge < -0.3 is 34.2 Å². The quantitative estimate of drug-likeness (QED) is 0.0154. The van der Waals surface area contributed by atoms with Gasteiger partial charge in [-0.2, -0.15) is 0 Å². The monoisotopic (exact) mass is 849 g/mol. The van der Waals surface area contributed by atoms with Crippen molar-refractivity contribution in [2.75, 3.05) is 47.5 Å². The van der Waals surface area contributed by atoms with E-state index in [-0.39, 0.29) is 37.9 Å². The van der Waals surface area contributed by atoms with Crippen LogP contribution in [0.4, 0.5) is 0 Å². The Hall–Kier alpha value is -1.37. The largest absolute Gasteiger partial charge is 0.472 e. The van der Waals surface area contributed by atoms with E-state index in [1.165, 1.54) is 64.2 Å². The first-order valence-electron chi connectivity index (χ1n) is 23.2. The molecule has 1 aliphatic carbocycles. The molecule has 7 atom stereocenters. The fraction of sp³-hybridized carbons (Fsp3) is 0.911. The number of phosphoric ester groups is 1. The van der Waals surface area contributed by atoms with Gasteiger partial charge >= 0.3 is 19.8 Å². The number of aliphatic hydroxyl groups excluding tert-OH is 3. The number of unbranched alkanes of at least 4 members (excludes halogenated alkanes) is 18. The Bertz CT molecular complexity index is 1120. The highest BCUT2D eigenvalue weighted by atomic mass is 31.2. The molecule has 0 aromatic carbocycles. The fourth-order valence-electron chi connectivity index (χ4n) is 7.46. The zero-order valence-electron chi connectivity index (χ0n) is 37.4. The van der Waals surface area contributed by atoms with Crippen LogP contribution in [-0.4, -0.2) is 109 Å². The van der Waals surface area contributed by atoms with Gasteiger partial charge in [-0.3, -0.25) is 18.6 Å². The van der Waals surface area contributed by atoms with Crippen LogP contribution in [0.3, 0.4) is 0 Å². The Balaban J connectivity index is 2.45. The number of nitrogens with zero attached hydrogens (tertiary/aromatic N) is 1. The molecule has 0 aliphatic heterocycles. The van der Waals surface area contributed by atoms with Gasteiger partial charge in [0, 0.05) is 25.2 Å². The van der Waals surface area contributed by atoms with Gasteiger partial charge in [-0.05, 0) is 31.6 Å². The van der Waals surface area contributed by atoms with Crippen LogP contribution in [0.1, 0.15) is 181 Å². The zero-order chi connectivity index (χ0) is 43.1. The molecule has 13 heteroatoms. The number of esters is 2. The molecule has 4 N–H and O–H groups in total. The molecule has 0 heterocycles. The lowest BCUT2D eigenvalue weighted by Crippen LogP contribution is -2.37. The number of aliphatic hydroxyl groups is 3. The van der Waals surface area contributed by atoms with Crippen LogP contribution in [-0.2, 0) is 32.7 Å². The Kier molecular flexibility index (Phi) is 31.4. The predicted octanol–water partition coefficient (Wildman–Crippen LogP) is 9.35. The SMILES string of the molecule is CCCCCCCCCCCCCCCCC(=O)O[C@H](COC(=O)CCCCCC[C@@H]1[C@@H](/C=C/[C@@H](O)CCCCC)[C@H](O)C[C@@H]1O)COP(=O)(O)OCC[N+](C)(C)C. The van der Waals surface area contributed by atoms with Gasteiger partial charge in [0.05, 0.1) is 46.1 Å². The number of hydrogen-bond donors (Lipinski definition) is 4. The summed E-state index contributed by atoms with van der Waals surface area (Å²) in [5.41, 5.74) is 0. The molecule has 58 heavy (non-hydrogen) atoms. The summed E-state index contributed by atoms with van der Waals surface area (Å²) in [5.74, 6) is -1.20. The highest BCUT2D eigenvalue weighted by Crippen LogP contribution is 2.43. The molecule has 0 spiro atoms. The minimum absolute atomic E-state index is 0.00000835. The van der Waals surface area contributed by atoms with Crippen molar-refractivity contribution in [2.24, 2.45) is 11.8 Å². The summed E-state index contributed by atoms with van der Waals surface area (Å²) in [6.45, 7) is 4.10. The predicted molar refractivity (Wildman–Crippen MR) is 231 cm³/mol. The molecule has 0 aromatic heterocycles. The van der Waals surface area contributed by atoms with E-state index in [9.17, 15) is 34.4 Å². The van der Waals surface area contributed by atoms with Gasteiger partial charge in [0.1, 0.15) is 19.8 Å². The molecule has 1 rings (SSSR count). The topological polar surface area (TPSA) is 169 Å². The minimum atomic E-state index is -4.42. The summed E-state index contributed by atoms with van der Waals surface area (Å²) in [6, 6.07) is 0. The number of carbonyl (C=O) groups excluding carboxylic acids is 2. The third-order valence-electron chi connectivity index (χ3n) is 11.1. The number of rotatable bonds is 38. The van der Waals surface area contributed by atoms with E-state index in [4.69, 9.17) is 18.5 Å². The molecule has 0 saturated heterocycles. The average molecular weight is 849 g/mol. The Morgan fingerprint density at radius 1 is 0.707 bits per heavy atom. The van der Waals surface area contributed by atoms with E-state index in [1.807, 2.05) is 27.2 Å². The first kappa shape index (κ1) is 54.6. The highest BCUT2D eigenvalue weighted by molar-refractivity contribution is 7.47. The standard InChI is InChI=1S/C45H86NO11P/c1-6-8-10-11-12-13-14-15-16-17-18-19-20-26-30-45(51)57-39(37-56-58(52,53)55-34-33-46(3,4)5)36-54-44(50)29-25-22-21-24-28-40-41(43(49)35-42(40)48)32-31-38(47)27-23-9-7-2/h31-32,38-43,47-49H,6-30,33-37H2,1-5H3/p+1/b32-31+/t38-,39+,40+,41+,42-,43+/m0/s1. The van der Waals surface area contributed by atoms with Crippen molar-refractivity contribution in [1.82, 2.24) is 0 Å². The lowest BCUT2D eigenvalue weighted by atomic mass is 9.88. The Morgan fingerprint density at radius 2 is 1.22 bits per heavy atom. The molecule has 0 aromatic rings. The van der Waals surface area contributed by atoms with Crippen molar-refractivity contribution in [3.63, 3.8) is 0 Å². The van der Waals surface area contributed by atoms with Crippen molar-refractivity contribution in [3.05, 3.63) is 12.2 Å². The fourth-order valence-corrected chi connectivity index (χ4v) is 8.21. The molecular formula is C45H87NO11P+. The number of carbonyl (C=O) groups is 2. The van der Waals surface area contributed by atoms with Crippen LogP contribution >= 0.6 is 7.82 Å². The lowest BCUT2D eigenvalue weighted by Gasteiger charge is -2.24. The van der Waals surface area contributed by atoms with Crippen molar-refractivity contribution in [1.29, 1.82) is 0 Å². The second kappa shape index (κ2) is 33.3. The van der Waals surface area contributed by atoms with Crippen molar-refractivity contribution in [3.8, 4) is 0 Å². The molecule has 1 fully saturated rings. The number of likely N-dealkylation sites (N-methyl/N-ethyl adjacent to an activating group) is 1. The number of phosphoric acid groups is 1. The maximum Gasteiger partial charge on any atom is 0.472 e. The minimum Gasteiger partial charge on any atom is -0.462 e. The van der Waals surface area contributed by atoms with E-state index < -0.39 is 50.8 Å². The first-order chi connectivity index (χ1) is 27.7. The van der Waals surface area contributed by atoms with Gasteiger partial charge in [-0.1, -0.05) is 148 Å². The van der Waals surface area contributed by atoms with E-state index >= 15 is 0 Å². The summed E-state index contributed by atoms with van der Waals surface area (Å²) < 4.78 is 34.3. The molecule has 1 aliphatic rings. The maximum absolute atomic E-state index is 12.7. The van der Waals surface area contributed by atoms with E-state index in [1.54, 1.807) is 6.08 Å². The smallest absolute Gasteiger partial charge is 0.462 e. The van der Waals surface area contributed by atoms with Gasteiger partial charge in [-0.25, -0.2) is 4.57 Å². The Labute approximate surface area is 353 Å². The summed E-state index contributed by atoms with van der Waals surface area (Å²) >= 11 is 0. The summed E-state index contributed by atoms with van der Waals surface area (Å²) in [6.07, 6.45) is 26.0. The van der Waals surface area contributed by atoms with E-state index in [2.05, 4.69) is 13.8 Å². The van der Waals surface area contributed by atoms with Crippen LogP contribution in [0.15, 0.2) is 12.2 Å². The highest BCUT2D eigenvalue weighted by Gasteiger charge is 2.39. The third-order valence-corrected chi connectivity index (χ3v) is 12.1. The zero-order valence-corrected chi connectivity index (χ0v) is 38.3. The molecule has 12 nitrogen and oxygen atoms in total. The number of ether oxygens (including phenoxy) is 2. The molecule has 1 unspecified atom stereocenters. The van der Waals surface area contributed by atoms with Gasteiger partial charge in [0.25, 0.3) is 0 Å². The van der Waals surface area contributed by atoms with Crippen molar-refractivity contribution < 1.29 is 57.4 Å². The summed E-state index contributed by atoms with van der Waals surface area (Å²) in [7, 11) is 1.37. The molecular weight excluding hydrogens is 761 g/mol. The van der Waals surface area contributed by atoms with Crippen LogP contribution in [0.25, 0.3) is 0 Å². The van der Waals surface area contributed by atoms with Crippen LogP contribution in [0, 0.1) is 11.8 Å². The van der Waals surface area contributed by atoms with Crippen molar-refractivity contribution >= 4 is 19.8 Å². The van der Waals surface area contributed by atoms with E-state index in [0.29, 0.717) is 36.7 Å². The lowest BCUT2D eigenvalue weighted by molar-refractivity contribution is -0.870. The van der Waals surface area contributed by atoms with Crippen molar-refractivity contribution in [2.45, 2.75) is 205 Å². The second-order valence-corrected chi connectivity index (χ2v) is 19.2. The summed E-state index contributed by atoms with van der Waals surface area (Å²) in [4.78, 5) is 35.6. The number of hydrogen-bond acceptors (Lipinski definition) is 10. The van der Waals surface area contributed by atoms with E-state index in [0.717, 1.165) is 64.2 Å². The van der Waals surface area contributed by atoms with Crippen LogP contribution in [0.5, 0.6) is 0 Å². The maximum atomic E-state index is 12.7. The second-order valence-electron chi connectivity index (χ2n) is 17.8. The summed E-state index contributed by atoms with van der Waals surface area (Å²) in [5, 5.41) is 31.4. The van der Waals surface area contributed by atoms with Gasteiger partial charge in [0.2, 0.25) is 0 Å². The number of quaternary nitrogens is 1. The molecule has 342 valence electrons. The third kappa shape index (κ3) is 29.8. The first-order valence-corrected chi connectivity index (χ1v) is 24.7. The van der Waals surface area contributed by atoms with Crippen LogP contribution < -0.4 is 0 Å². The van der Waals surface area contributed by atoms with Gasteiger partial charge in [0.15, 0.2) is 6.10 Å². The molecule has 0 bridgehead atoms. The Morgan fingerprint density at radius 3 is 1.79 bits per heavy atom. The normalized spacial score (nSPS) is 20.6. The average Bonchev–Trinajstić information content (AvgIpc) is 3.43. The molecule has 0 radical (unpaired) electrons. The molecule has 1 saturated carbocycles. The van der Waals surface area contributed by atoms with Gasteiger partial charge in [-0.15, -0.1) is 0 Å². The van der Waals surface area contributed by atoms with Crippen LogP contribution in [0.2, 0.25) is 0 Å². The molecule has 0 amide bonds.